The third-order valence-electron chi connectivity index (χ3n) is 6.01. The van der Waals surface area contributed by atoms with Crippen molar-refractivity contribution < 1.29 is 0 Å². The van der Waals surface area contributed by atoms with Gasteiger partial charge in [0, 0.05) is 0 Å². The van der Waals surface area contributed by atoms with Gasteiger partial charge < -0.3 is 0 Å². The van der Waals surface area contributed by atoms with Crippen LogP contribution in [0.4, 0.5) is 0 Å². The summed E-state index contributed by atoms with van der Waals surface area (Å²) in [6, 6.07) is 0. The molecule has 7 heteroatoms. The average molecular weight is 511 g/mol. The summed E-state index contributed by atoms with van der Waals surface area (Å²) in [6.45, 7) is 15.3. The first kappa shape index (κ1) is 30.8. The Kier molecular flexibility index (Phi) is 10.5. The maximum absolute atomic E-state index is 3.11. The van der Waals surface area contributed by atoms with Gasteiger partial charge in [0.1, 0.15) is 0 Å². The summed E-state index contributed by atoms with van der Waals surface area (Å²) in [5.41, 5.74) is 2.26. The molecule has 0 N–H and O–H groups in total. The Labute approximate surface area is 194 Å². The topological polar surface area (TPSA) is 6.48 Å². The van der Waals surface area contributed by atoms with Crippen molar-refractivity contribution >= 4 is 48.1 Å². The summed E-state index contributed by atoms with van der Waals surface area (Å²) in [5.74, 6) is 0.595. The molecule has 0 amide bonds. The van der Waals surface area contributed by atoms with Crippen molar-refractivity contribution in [2.45, 2.75) is 64.4 Å². The summed E-state index contributed by atoms with van der Waals surface area (Å²) < 4.78 is 6.23. The zero-order chi connectivity index (χ0) is 24.0. The van der Waals surface area contributed by atoms with E-state index in [-0.39, 0.29) is 0 Å². The van der Waals surface area contributed by atoms with E-state index in [1.54, 1.807) is 0 Å². The Bertz CT molecular complexity index is 441. The van der Waals surface area contributed by atoms with Gasteiger partial charge in [-0.3, -0.25) is 0 Å². The monoisotopic (exact) mass is 510 g/mol. The molecule has 0 spiro atoms. The minimum atomic E-state index is -1.79. The standard InChI is InChI=1S/C22H59N2PS4/c1-19(2)25(20(3)4,21(5)6)22(23(26(7,8)9)27(10,11)12)24(28(13,14)15)29(16,17)18/h19-22,25H,1-18H3. The molecule has 0 fully saturated rings. The van der Waals surface area contributed by atoms with Crippen LogP contribution in [-0.4, -0.2) is 105 Å². The van der Waals surface area contributed by atoms with E-state index in [0.717, 1.165) is 17.0 Å². The summed E-state index contributed by atoms with van der Waals surface area (Å²) in [7, 11) is -5.31. The number of hydrogen-bond acceptors (Lipinski definition) is 2. The molecule has 186 valence electrons. The Morgan fingerprint density at radius 3 is 0.690 bits per heavy atom. The summed E-state index contributed by atoms with van der Waals surface area (Å²) in [4.78, 5) is 0. The first-order chi connectivity index (χ1) is 12.4. The van der Waals surface area contributed by atoms with Crippen LogP contribution in [0.2, 0.25) is 0 Å². The third-order valence-corrected chi connectivity index (χ3v) is 24.6. The van der Waals surface area contributed by atoms with E-state index < -0.39 is 48.1 Å². The van der Waals surface area contributed by atoms with Gasteiger partial charge in [-0.25, -0.2) is 0 Å². The van der Waals surface area contributed by atoms with Gasteiger partial charge in [0.05, 0.1) is 0 Å². The first-order valence-corrected chi connectivity index (χ1v) is 24.3. The van der Waals surface area contributed by atoms with E-state index in [1.807, 2.05) is 0 Å². The van der Waals surface area contributed by atoms with E-state index in [9.17, 15) is 0 Å². The van der Waals surface area contributed by atoms with Crippen molar-refractivity contribution in [3.63, 3.8) is 0 Å². The Morgan fingerprint density at radius 1 is 0.414 bits per heavy atom. The molecular formula is C22H59N2PS4. The molecule has 0 aromatic heterocycles. The van der Waals surface area contributed by atoms with E-state index in [1.165, 1.54) is 0 Å². The number of hydrogen-bond donors (Lipinski definition) is 0. The van der Waals surface area contributed by atoms with Crippen LogP contribution in [0.5, 0.6) is 0 Å². The van der Waals surface area contributed by atoms with Crippen molar-refractivity contribution in [1.29, 1.82) is 0 Å². The predicted octanol–water partition coefficient (Wildman–Crippen LogP) is 7.29. The minimum absolute atomic E-state index is 0.595. The molecule has 0 saturated carbocycles. The molecule has 0 rings (SSSR count). The van der Waals surface area contributed by atoms with Crippen molar-refractivity contribution in [3.05, 3.63) is 0 Å². The molecule has 0 radical (unpaired) electrons. The van der Waals surface area contributed by atoms with Gasteiger partial charge in [0.15, 0.2) is 0 Å². The van der Waals surface area contributed by atoms with E-state index >= 15 is 0 Å². The molecule has 0 saturated heterocycles. The van der Waals surface area contributed by atoms with Gasteiger partial charge in [0.25, 0.3) is 0 Å². The summed E-state index contributed by atoms with van der Waals surface area (Å²) in [5, 5.41) is 0. The van der Waals surface area contributed by atoms with Crippen molar-refractivity contribution in [2.24, 2.45) is 0 Å². The molecule has 0 unspecified atom stereocenters. The molecule has 0 aromatic carbocycles. The van der Waals surface area contributed by atoms with Crippen LogP contribution in [-0.2, 0) is 0 Å². The van der Waals surface area contributed by atoms with E-state index in [0.29, 0.717) is 5.91 Å². The quantitative estimate of drug-likeness (QED) is 0.225. The van der Waals surface area contributed by atoms with Gasteiger partial charge in [-0.2, -0.15) is 0 Å². The molecule has 0 aliphatic rings. The Hall–Kier alpha value is 1.75. The van der Waals surface area contributed by atoms with E-state index in [2.05, 4.69) is 124 Å². The Morgan fingerprint density at radius 2 is 0.586 bits per heavy atom. The molecular weight excluding hydrogens is 451 g/mol. The summed E-state index contributed by atoms with van der Waals surface area (Å²) >= 11 is 0. The van der Waals surface area contributed by atoms with Crippen LogP contribution in [0.1, 0.15) is 41.5 Å². The molecule has 2 nitrogen and oxygen atoms in total. The fourth-order valence-corrected chi connectivity index (χ4v) is 32.1. The second-order valence-electron chi connectivity index (χ2n) is 12.5. The molecule has 0 aromatic rings. The van der Waals surface area contributed by atoms with Crippen LogP contribution < -0.4 is 0 Å². The van der Waals surface area contributed by atoms with Crippen molar-refractivity contribution in [2.75, 3.05) is 75.1 Å². The van der Waals surface area contributed by atoms with Crippen LogP contribution in [0.3, 0.4) is 0 Å². The maximum atomic E-state index is 3.11. The zero-order valence-electron chi connectivity index (χ0n) is 23.3. The van der Waals surface area contributed by atoms with Crippen LogP contribution in [0, 0.1) is 0 Å². The van der Waals surface area contributed by atoms with Crippen LogP contribution >= 0.6 is 48.1 Å². The van der Waals surface area contributed by atoms with Gasteiger partial charge >= 0.3 is 195 Å². The summed E-state index contributed by atoms with van der Waals surface area (Å²) in [6.07, 6.45) is 30.6. The van der Waals surface area contributed by atoms with Crippen LogP contribution in [0.25, 0.3) is 0 Å². The zero-order valence-corrected chi connectivity index (χ0v) is 27.6. The Balaban J connectivity index is 7.61. The molecule has 0 aliphatic carbocycles. The molecule has 29 heavy (non-hydrogen) atoms. The molecule has 0 aliphatic heterocycles. The molecule has 0 atom stereocenters. The van der Waals surface area contributed by atoms with Crippen molar-refractivity contribution in [3.8, 4) is 0 Å². The van der Waals surface area contributed by atoms with Gasteiger partial charge in [-0.05, 0) is 0 Å². The van der Waals surface area contributed by atoms with E-state index in [4.69, 9.17) is 0 Å². The van der Waals surface area contributed by atoms with Gasteiger partial charge in [0.2, 0.25) is 0 Å². The normalized spacial score (nSPS) is 18.5. The van der Waals surface area contributed by atoms with Gasteiger partial charge in [-0.1, -0.05) is 0 Å². The van der Waals surface area contributed by atoms with Gasteiger partial charge in [-0.15, -0.1) is 0 Å². The third kappa shape index (κ3) is 6.87. The number of rotatable bonds is 10. The second kappa shape index (κ2) is 9.94. The fourth-order valence-electron chi connectivity index (χ4n) is 5.88. The fraction of sp³-hybridized carbons (Fsp3) is 1.00. The first-order valence-electron chi connectivity index (χ1n) is 10.8. The SMILES string of the molecule is CC(C)[PH](C(C)C)(C(C)C)C(N(S(C)(C)C)S(C)(C)C)N(S(C)(C)C)S(C)(C)C. The second-order valence-corrected chi connectivity index (χ2v) is 34.7. The molecule has 0 heterocycles. The number of nitrogens with zero attached hydrogens (tertiary/aromatic N) is 2. The van der Waals surface area contributed by atoms with Crippen LogP contribution in [0.15, 0.2) is 0 Å². The van der Waals surface area contributed by atoms with Crippen molar-refractivity contribution in [1.82, 2.24) is 7.42 Å². The molecule has 0 bridgehead atoms. The average Bonchev–Trinajstić information content (AvgIpc) is 2.29. The predicted molar refractivity (Wildman–Crippen MR) is 163 cm³/mol.